The number of hydrogen-bond acceptors (Lipinski definition) is 20. The molecule has 28 nitrogen and oxygen atoms in total. The van der Waals surface area contributed by atoms with Crippen LogP contribution in [-0.4, -0.2) is 209 Å². The Labute approximate surface area is 369 Å². The molecule has 3 aliphatic rings. The second kappa shape index (κ2) is 21.3. The van der Waals surface area contributed by atoms with Gasteiger partial charge in [-0.25, -0.2) is 0 Å². The third-order valence-corrected chi connectivity index (χ3v) is 11.5. The number of phenols is 1. The van der Waals surface area contributed by atoms with Crippen LogP contribution >= 0.6 is 0 Å². The number of primary amides is 1. The molecule has 15 atom stereocenters. The number of nitrogens with zero attached hydrogens (tertiary/aromatic N) is 2. The Morgan fingerprint density at radius 1 is 0.862 bits per heavy atom. The average molecular weight is 951 g/mol. The van der Waals surface area contributed by atoms with Crippen molar-refractivity contribution in [2.24, 2.45) is 11.7 Å². The van der Waals surface area contributed by atoms with Crippen molar-refractivity contribution >= 4 is 51.7 Å². The first kappa shape index (κ1) is 52.3. The van der Waals surface area contributed by atoms with E-state index in [1.54, 1.807) is 0 Å². The van der Waals surface area contributed by atoms with Gasteiger partial charge in [0, 0.05) is 31.8 Å². The number of aliphatic hydroxyl groups is 8. The van der Waals surface area contributed by atoms with E-state index in [2.05, 4.69) is 20.1 Å². The van der Waals surface area contributed by atoms with E-state index in [1.807, 2.05) is 10.6 Å². The van der Waals surface area contributed by atoms with Gasteiger partial charge in [-0.3, -0.25) is 38.1 Å². The van der Waals surface area contributed by atoms with Gasteiger partial charge in [-0.2, -0.15) is 8.42 Å². The first-order valence-corrected chi connectivity index (χ1v) is 21.3. The maximum Gasteiger partial charge on any atom is 0.446 e. The van der Waals surface area contributed by atoms with Crippen LogP contribution in [0.5, 0.6) is 11.5 Å². The fraction of sp³-hybridized carbons (Fsp3) is 0.639. The molecule has 1 aromatic carbocycles. The Hall–Kier alpha value is -5.34. The second-order valence-corrected chi connectivity index (χ2v) is 17.0. The van der Waals surface area contributed by atoms with Gasteiger partial charge in [0.2, 0.25) is 41.4 Å². The summed E-state index contributed by atoms with van der Waals surface area (Å²) < 4.78 is 36.2. The summed E-state index contributed by atoms with van der Waals surface area (Å²) in [5.74, 6) is -12.1. The zero-order valence-electron chi connectivity index (χ0n) is 34.9. The van der Waals surface area contributed by atoms with Crippen molar-refractivity contribution in [2.45, 2.75) is 118 Å². The minimum absolute atomic E-state index is 0.497. The Bertz CT molecular complexity index is 2080. The molecule has 15 unspecified atom stereocenters. The van der Waals surface area contributed by atoms with Gasteiger partial charge in [-0.1, -0.05) is 13.0 Å². The van der Waals surface area contributed by atoms with Crippen LogP contribution in [0.1, 0.15) is 44.8 Å². The molecule has 3 aliphatic heterocycles. The van der Waals surface area contributed by atoms with Crippen molar-refractivity contribution in [2.75, 3.05) is 20.1 Å². The summed E-state index contributed by atoms with van der Waals surface area (Å²) in [5.41, 5.74) is 4.71. The lowest BCUT2D eigenvalue weighted by Crippen LogP contribution is -2.64. The van der Waals surface area contributed by atoms with Gasteiger partial charge in [0.15, 0.2) is 17.7 Å². The number of hydrogen-bond donors (Lipinski definition) is 16. The molecule has 4 rings (SSSR count). The quantitative estimate of drug-likeness (QED) is 0.0968. The molecule has 0 radical (unpaired) electrons. The Morgan fingerprint density at radius 2 is 1.46 bits per heavy atom. The first-order valence-electron chi connectivity index (χ1n) is 19.9. The molecule has 0 aliphatic carbocycles. The Morgan fingerprint density at radius 3 is 2.05 bits per heavy atom. The molecule has 0 saturated carbocycles. The highest BCUT2D eigenvalue weighted by Gasteiger charge is 2.50. The van der Waals surface area contributed by atoms with E-state index < -0.39 is 192 Å². The van der Waals surface area contributed by atoms with E-state index in [4.69, 9.17) is 10.3 Å². The number of amides is 7. The molecule has 3 saturated heterocycles. The predicted molar refractivity (Wildman–Crippen MR) is 213 cm³/mol. The van der Waals surface area contributed by atoms with Gasteiger partial charge in [-0.05, 0) is 31.7 Å². The summed E-state index contributed by atoms with van der Waals surface area (Å²) in [5, 5.41) is 109. The molecule has 7 amide bonds. The molecule has 0 spiro atoms. The first-order chi connectivity index (χ1) is 30.2. The number of likely N-dealkylation sites (N-methyl/N-ethyl adjacent to an activating group) is 1. The van der Waals surface area contributed by atoms with Crippen LogP contribution < -0.4 is 36.5 Å². The number of nitrogens with one attached hydrogen (secondary N) is 5. The fourth-order valence-corrected chi connectivity index (χ4v) is 7.99. The summed E-state index contributed by atoms with van der Waals surface area (Å²) in [6, 6.07) is -9.80. The zero-order valence-corrected chi connectivity index (χ0v) is 35.7. The maximum absolute atomic E-state index is 14.4. The topological polar surface area (TPSA) is 458 Å². The van der Waals surface area contributed by atoms with Crippen LogP contribution in [0.2, 0.25) is 0 Å². The maximum atomic E-state index is 14.4. The standard InChI is InChI=1S/C36H54N8O20S/c1-12-10-44-26(27(12)51)34(58)42-32(56)20(49)8-16(38-3)30(54)39-23(13(2)45)35(59)43-11-15(46)7-17(43)31(55)41-25(33(57)40-24(36(44)60)19(48)9-22(37)50)29(53)28(52)14-4-5-18(47)21(6-14)64-65(61,62)63/h4-6,12-13,15-17,19-20,23-29,32,38,45-49,51-53,56H,7-11H2,1-3H3,(H2,37,50)(H,39,54)(H,40,57)(H,41,55)(H,42,58)(H,61,62,63). The van der Waals surface area contributed by atoms with Crippen molar-refractivity contribution in [3.8, 4) is 11.5 Å². The molecule has 364 valence electrons. The highest BCUT2D eigenvalue weighted by Crippen LogP contribution is 2.32. The molecule has 17 N–H and O–H groups in total. The van der Waals surface area contributed by atoms with Crippen molar-refractivity contribution < 1.29 is 96.7 Å². The van der Waals surface area contributed by atoms with Crippen molar-refractivity contribution in [1.82, 2.24) is 36.4 Å². The third-order valence-electron chi connectivity index (χ3n) is 11.1. The van der Waals surface area contributed by atoms with E-state index in [1.165, 1.54) is 14.0 Å². The summed E-state index contributed by atoms with van der Waals surface area (Å²) in [7, 11) is -4.06. The zero-order chi connectivity index (χ0) is 49.0. The number of fused-ring (bicyclic) bond motifs is 2. The summed E-state index contributed by atoms with van der Waals surface area (Å²) in [6.45, 7) is 1.33. The third kappa shape index (κ3) is 12.5. The lowest BCUT2D eigenvalue weighted by molar-refractivity contribution is -0.149. The molecule has 65 heavy (non-hydrogen) atoms. The minimum atomic E-state index is -5.30. The Kier molecular flexibility index (Phi) is 17.1. The smallest absolute Gasteiger partial charge is 0.446 e. The van der Waals surface area contributed by atoms with Gasteiger partial charge in [0.05, 0.1) is 36.9 Å². The van der Waals surface area contributed by atoms with Gasteiger partial charge in [0.25, 0.3) is 0 Å². The van der Waals surface area contributed by atoms with E-state index >= 15 is 0 Å². The number of aliphatic hydroxyl groups excluding tert-OH is 8. The number of rotatable bonds is 10. The van der Waals surface area contributed by atoms with Crippen molar-refractivity contribution in [3.63, 3.8) is 0 Å². The summed E-state index contributed by atoms with van der Waals surface area (Å²) in [6.07, 6.45) is -18.8. The van der Waals surface area contributed by atoms with Gasteiger partial charge < -0.3 is 92.3 Å². The monoisotopic (exact) mass is 950 g/mol. The molecule has 1 aromatic rings. The SMILES string of the molecule is CNC1CC(O)C(O)NC(=O)C2C(O)C(C)CN2C(=O)C(C(O)CC(N)=O)NC(=O)C(C(O)C(O)c2ccc(O)c(OS(=O)(=O)O)c2)NC(=O)C2CC(O)CN2C(=O)C(C(C)O)NC1=O. The minimum Gasteiger partial charge on any atom is -0.504 e. The van der Waals surface area contributed by atoms with Gasteiger partial charge in [0.1, 0.15) is 48.5 Å². The van der Waals surface area contributed by atoms with E-state index in [0.29, 0.717) is 15.9 Å². The lowest BCUT2D eigenvalue weighted by atomic mass is 9.96. The number of carbonyl (C=O) groups excluding carboxylic acids is 7. The fourth-order valence-electron chi connectivity index (χ4n) is 7.63. The highest BCUT2D eigenvalue weighted by atomic mass is 32.3. The molecule has 29 heteroatoms. The predicted octanol–water partition coefficient (Wildman–Crippen LogP) is -9.00. The average Bonchev–Trinajstić information content (AvgIpc) is 3.76. The molecule has 3 fully saturated rings. The van der Waals surface area contributed by atoms with Crippen LogP contribution in [-0.2, 0) is 44.0 Å². The van der Waals surface area contributed by atoms with E-state index in [9.17, 15) is 87.9 Å². The van der Waals surface area contributed by atoms with Crippen molar-refractivity contribution in [3.05, 3.63) is 23.8 Å². The lowest BCUT2D eigenvalue weighted by Gasteiger charge is -2.34. The van der Waals surface area contributed by atoms with E-state index in [-0.39, 0.29) is 0 Å². The normalized spacial score (nSPS) is 32.1. The molecule has 0 bridgehead atoms. The Balaban J connectivity index is 1.89. The van der Waals surface area contributed by atoms with Crippen LogP contribution in [0, 0.1) is 5.92 Å². The number of nitrogens with two attached hydrogens (primary N) is 1. The van der Waals surface area contributed by atoms with Crippen LogP contribution in [0.15, 0.2) is 18.2 Å². The molecule has 3 heterocycles. The second-order valence-electron chi connectivity index (χ2n) is 16.0. The summed E-state index contributed by atoms with van der Waals surface area (Å²) in [4.78, 5) is 97.3. The van der Waals surface area contributed by atoms with E-state index in [0.717, 1.165) is 19.1 Å². The molecular formula is C36H54N8O20S. The number of phenolic OH excluding ortho intramolecular Hbond substituents is 1. The number of carbonyl (C=O) groups is 7. The number of aromatic hydroxyl groups is 1. The van der Waals surface area contributed by atoms with Gasteiger partial charge >= 0.3 is 10.4 Å². The van der Waals surface area contributed by atoms with Crippen LogP contribution in [0.3, 0.4) is 0 Å². The molecule has 0 aromatic heterocycles. The number of benzene rings is 1. The molecular weight excluding hydrogens is 896 g/mol. The largest absolute Gasteiger partial charge is 0.504 e. The van der Waals surface area contributed by atoms with Crippen molar-refractivity contribution in [1.29, 1.82) is 0 Å². The summed E-state index contributed by atoms with van der Waals surface area (Å²) >= 11 is 0. The van der Waals surface area contributed by atoms with Gasteiger partial charge in [-0.15, -0.1) is 0 Å². The van der Waals surface area contributed by atoms with Crippen LogP contribution in [0.25, 0.3) is 0 Å². The highest BCUT2D eigenvalue weighted by molar-refractivity contribution is 7.81. The van der Waals surface area contributed by atoms with Crippen LogP contribution in [0.4, 0.5) is 0 Å².